The molecule has 2 aromatic rings. The Hall–Kier alpha value is -2.69. The zero-order chi connectivity index (χ0) is 18.0. The highest BCUT2D eigenvalue weighted by molar-refractivity contribution is 5.89. The zero-order valence-corrected chi connectivity index (χ0v) is 14.7. The van der Waals surface area contributed by atoms with Gasteiger partial charge in [-0.15, -0.1) is 0 Å². The van der Waals surface area contributed by atoms with Crippen LogP contribution in [0.3, 0.4) is 0 Å². The van der Waals surface area contributed by atoms with Gasteiger partial charge in [-0.3, -0.25) is 14.6 Å². The molecule has 4 rings (SSSR count). The molecule has 2 fully saturated rings. The van der Waals surface area contributed by atoms with Gasteiger partial charge in [-0.25, -0.2) is 0 Å². The molecule has 1 aromatic carbocycles. The van der Waals surface area contributed by atoms with Crippen molar-refractivity contribution < 1.29 is 9.59 Å². The molecule has 134 valence electrons. The molecule has 0 spiro atoms. The summed E-state index contributed by atoms with van der Waals surface area (Å²) < 4.78 is 0. The Kier molecular flexibility index (Phi) is 4.45. The Morgan fingerprint density at radius 1 is 1.15 bits per heavy atom. The lowest BCUT2D eigenvalue weighted by molar-refractivity contribution is -0.129. The summed E-state index contributed by atoms with van der Waals surface area (Å²) in [6, 6.07) is 15.8. The smallest absolute Gasteiger partial charge is 0.225 e. The maximum Gasteiger partial charge on any atom is 0.225 e. The molecule has 1 aliphatic heterocycles. The van der Waals surface area contributed by atoms with E-state index in [1.807, 2.05) is 48.5 Å². The molecule has 5 nitrogen and oxygen atoms in total. The summed E-state index contributed by atoms with van der Waals surface area (Å²) in [5, 5.41) is 3.07. The van der Waals surface area contributed by atoms with Crippen molar-refractivity contribution in [1.82, 2.24) is 15.2 Å². The second-order valence-electron chi connectivity index (χ2n) is 7.37. The molecule has 1 N–H and O–H groups in total. The van der Waals surface area contributed by atoms with Gasteiger partial charge in [0.05, 0.1) is 5.92 Å². The SMILES string of the molecule is O=C(NCC1(c2ccccn2)CC1)[C@H]1CC(=O)N(Cc2ccccc2)C1. The van der Waals surface area contributed by atoms with Crippen molar-refractivity contribution in [2.45, 2.75) is 31.2 Å². The number of hydrogen-bond donors (Lipinski definition) is 1. The number of nitrogens with one attached hydrogen (secondary N) is 1. The van der Waals surface area contributed by atoms with E-state index in [9.17, 15) is 9.59 Å². The summed E-state index contributed by atoms with van der Waals surface area (Å²) in [6.45, 7) is 1.67. The second kappa shape index (κ2) is 6.90. The monoisotopic (exact) mass is 349 g/mol. The number of benzene rings is 1. The molecule has 26 heavy (non-hydrogen) atoms. The number of hydrogen-bond acceptors (Lipinski definition) is 3. The molecule has 2 aliphatic rings. The Morgan fingerprint density at radius 3 is 2.62 bits per heavy atom. The third-order valence-electron chi connectivity index (χ3n) is 5.46. The highest BCUT2D eigenvalue weighted by Gasteiger charge is 2.46. The molecule has 1 saturated heterocycles. The van der Waals surface area contributed by atoms with Crippen LogP contribution in [0.2, 0.25) is 0 Å². The molecule has 2 heterocycles. The number of pyridine rings is 1. The molecule has 1 atom stereocenters. The average Bonchev–Trinajstić information content (AvgIpc) is 3.39. The topological polar surface area (TPSA) is 62.3 Å². The van der Waals surface area contributed by atoms with Gasteiger partial charge in [0.2, 0.25) is 11.8 Å². The molecule has 2 amide bonds. The first-order valence-corrected chi connectivity index (χ1v) is 9.17. The number of carbonyl (C=O) groups is 2. The Balaban J connectivity index is 1.32. The number of nitrogens with zero attached hydrogens (tertiary/aromatic N) is 2. The van der Waals surface area contributed by atoms with Crippen molar-refractivity contribution in [3.05, 3.63) is 66.0 Å². The molecule has 1 aromatic heterocycles. The summed E-state index contributed by atoms with van der Waals surface area (Å²) in [4.78, 5) is 31.1. The van der Waals surface area contributed by atoms with E-state index in [4.69, 9.17) is 0 Å². The van der Waals surface area contributed by atoms with Gasteiger partial charge in [0.15, 0.2) is 0 Å². The van der Waals surface area contributed by atoms with Gasteiger partial charge in [0.1, 0.15) is 0 Å². The molecule has 5 heteroatoms. The Morgan fingerprint density at radius 2 is 1.92 bits per heavy atom. The van der Waals surface area contributed by atoms with Gasteiger partial charge < -0.3 is 10.2 Å². The first-order chi connectivity index (χ1) is 12.7. The minimum absolute atomic E-state index is 0.0107. The van der Waals surface area contributed by atoms with Crippen LogP contribution in [-0.4, -0.2) is 34.8 Å². The van der Waals surface area contributed by atoms with Gasteiger partial charge in [0.25, 0.3) is 0 Å². The van der Waals surface area contributed by atoms with Crippen LogP contribution in [0.5, 0.6) is 0 Å². The van der Waals surface area contributed by atoms with E-state index >= 15 is 0 Å². The van der Waals surface area contributed by atoms with Crippen molar-refractivity contribution in [1.29, 1.82) is 0 Å². The Bertz CT molecular complexity index is 787. The van der Waals surface area contributed by atoms with Crippen molar-refractivity contribution in [2.75, 3.05) is 13.1 Å². The molecule has 1 saturated carbocycles. The minimum atomic E-state index is -0.259. The first kappa shape index (κ1) is 16.8. The fraction of sp³-hybridized carbons (Fsp3) is 0.381. The van der Waals surface area contributed by atoms with E-state index in [0.29, 0.717) is 26.1 Å². The molecular formula is C21H23N3O2. The van der Waals surface area contributed by atoms with Crippen LogP contribution >= 0.6 is 0 Å². The molecule has 0 radical (unpaired) electrons. The van der Waals surface area contributed by atoms with Crippen LogP contribution in [0.4, 0.5) is 0 Å². The summed E-state index contributed by atoms with van der Waals surface area (Å²) in [5.74, 6) is -0.221. The molecule has 0 unspecified atom stereocenters. The Labute approximate surface area is 153 Å². The number of amides is 2. The van der Waals surface area contributed by atoms with E-state index in [-0.39, 0.29) is 23.1 Å². The third-order valence-corrected chi connectivity index (χ3v) is 5.46. The lowest BCUT2D eigenvalue weighted by atomic mass is 10.0. The van der Waals surface area contributed by atoms with Crippen molar-refractivity contribution in [3.63, 3.8) is 0 Å². The fourth-order valence-electron chi connectivity index (χ4n) is 3.66. The highest BCUT2D eigenvalue weighted by atomic mass is 16.2. The minimum Gasteiger partial charge on any atom is -0.355 e. The van der Waals surface area contributed by atoms with Gasteiger partial charge in [-0.05, 0) is 30.5 Å². The van der Waals surface area contributed by atoms with Gasteiger partial charge in [-0.1, -0.05) is 36.4 Å². The number of likely N-dealkylation sites (tertiary alicyclic amines) is 1. The van der Waals surface area contributed by atoms with Gasteiger partial charge >= 0.3 is 0 Å². The van der Waals surface area contributed by atoms with E-state index < -0.39 is 0 Å². The van der Waals surface area contributed by atoms with Gasteiger partial charge in [-0.2, -0.15) is 0 Å². The van der Waals surface area contributed by atoms with E-state index in [1.165, 1.54) is 0 Å². The van der Waals surface area contributed by atoms with Crippen LogP contribution in [0.15, 0.2) is 54.7 Å². The predicted molar refractivity (Wildman–Crippen MR) is 98.1 cm³/mol. The number of aromatic nitrogens is 1. The summed E-state index contributed by atoms with van der Waals surface area (Å²) in [5.41, 5.74) is 2.13. The first-order valence-electron chi connectivity index (χ1n) is 9.17. The fourth-order valence-corrected chi connectivity index (χ4v) is 3.66. The van der Waals surface area contributed by atoms with Crippen LogP contribution in [0.25, 0.3) is 0 Å². The van der Waals surface area contributed by atoms with Crippen molar-refractivity contribution in [3.8, 4) is 0 Å². The van der Waals surface area contributed by atoms with E-state index in [2.05, 4.69) is 10.3 Å². The lowest BCUT2D eigenvalue weighted by Gasteiger charge is -2.18. The van der Waals surface area contributed by atoms with Crippen LogP contribution in [0, 0.1) is 5.92 Å². The third kappa shape index (κ3) is 3.47. The van der Waals surface area contributed by atoms with E-state index in [1.54, 1.807) is 11.1 Å². The standard InChI is InChI=1S/C21H23N3O2/c25-19-12-17(14-24(19)13-16-6-2-1-3-7-16)20(26)23-15-21(9-10-21)18-8-4-5-11-22-18/h1-8,11,17H,9-10,12-15H2,(H,23,26)/t17-/m0/s1. The maximum absolute atomic E-state index is 12.6. The summed E-state index contributed by atoms with van der Waals surface area (Å²) in [6.07, 6.45) is 4.20. The molecule has 0 bridgehead atoms. The second-order valence-corrected chi connectivity index (χ2v) is 7.37. The van der Waals surface area contributed by atoms with Gasteiger partial charge in [0, 0.05) is 43.4 Å². The normalized spacial score (nSPS) is 20.8. The summed E-state index contributed by atoms with van der Waals surface area (Å²) >= 11 is 0. The number of carbonyl (C=O) groups excluding carboxylic acids is 2. The van der Waals surface area contributed by atoms with Crippen LogP contribution < -0.4 is 5.32 Å². The molecular weight excluding hydrogens is 326 g/mol. The molecule has 1 aliphatic carbocycles. The number of rotatable bonds is 6. The van der Waals surface area contributed by atoms with Crippen LogP contribution in [0.1, 0.15) is 30.5 Å². The maximum atomic E-state index is 12.6. The average molecular weight is 349 g/mol. The predicted octanol–water partition coefficient (Wildman–Crippen LogP) is 2.28. The summed E-state index contributed by atoms with van der Waals surface area (Å²) in [7, 11) is 0. The lowest BCUT2D eigenvalue weighted by Crippen LogP contribution is -2.37. The highest BCUT2D eigenvalue weighted by Crippen LogP contribution is 2.46. The van der Waals surface area contributed by atoms with Crippen LogP contribution in [-0.2, 0) is 21.5 Å². The van der Waals surface area contributed by atoms with Crippen molar-refractivity contribution in [2.24, 2.45) is 5.92 Å². The van der Waals surface area contributed by atoms with E-state index in [0.717, 1.165) is 24.1 Å². The van der Waals surface area contributed by atoms with Crippen molar-refractivity contribution >= 4 is 11.8 Å². The largest absolute Gasteiger partial charge is 0.355 e. The zero-order valence-electron chi connectivity index (χ0n) is 14.7. The quantitative estimate of drug-likeness (QED) is 0.870.